The summed E-state index contributed by atoms with van der Waals surface area (Å²) in [7, 11) is 0. The minimum absolute atomic E-state index is 0.0504. The lowest BCUT2D eigenvalue weighted by Crippen LogP contribution is -2.14. The molecule has 0 aliphatic heterocycles. The van der Waals surface area contributed by atoms with Gasteiger partial charge in [0.2, 0.25) is 5.91 Å². The number of fused-ring (bicyclic) bond motifs is 2. The van der Waals surface area contributed by atoms with Gasteiger partial charge in [-0.15, -0.1) is 11.8 Å². The average Bonchev–Trinajstić information content (AvgIpc) is 3.10. The van der Waals surface area contributed by atoms with Gasteiger partial charge < -0.3 is 5.32 Å². The molecule has 2 aromatic carbocycles. The fraction of sp³-hybridized carbons (Fsp3) is 0.190. The summed E-state index contributed by atoms with van der Waals surface area (Å²) in [5.41, 5.74) is 1.52. The molecule has 4 aromatic rings. The lowest BCUT2D eigenvalue weighted by Gasteiger charge is -2.08. The highest BCUT2D eigenvalue weighted by Crippen LogP contribution is 2.24. The van der Waals surface area contributed by atoms with Gasteiger partial charge in [0, 0.05) is 16.3 Å². The van der Waals surface area contributed by atoms with Crippen LogP contribution in [0.1, 0.15) is 19.9 Å². The summed E-state index contributed by atoms with van der Waals surface area (Å²) in [5, 5.41) is 10.6. The van der Waals surface area contributed by atoms with Crippen molar-refractivity contribution in [1.29, 1.82) is 0 Å². The van der Waals surface area contributed by atoms with Crippen LogP contribution in [0.4, 0.5) is 5.69 Å². The normalized spacial score (nSPS) is 11.4. The number of nitrogens with one attached hydrogen (secondary N) is 1. The SMILES string of the molecule is CC(C)n1ncc2cc(NC(=O)CSc3ccc4ccccc4c3)cnc21. The molecule has 0 unspecified atom stereocenters. The highest BCUT2D eigenvalue weighted by atomic mass is 32.2. The molecule has 2 heterocycles. The molecule has 5 nitrogen and oxygen atoms in total. The fourth-order valence-corrected chi connectivity index (χ4v) is 3.73. The van der Waals surface area contributed by atoms with E-state index in [0.29, 0.717) is 11.4 Å². The Bertz CT molecular complexity index is 1120. The van der Waals surface area contributed by atoms with Crippen molar-refractivity contribution in [3.63, 3.8) is 0 Å². The van der Waals surface area contributed by atoms with Gasteiger partial charge in [-0.25, -0.2) is 9.67 Å². The fourth-order valence-electron chi connectivity index (χ4n) is 2.99. The Kier molecular flexibility index (Phi) is 4.81. The third-order valence-corrected chi connectivity index (χ3v) is 5.29. The molecule has 0 radical (unpaired) electrons. The van der Waals surface area contributed by atoms with E-state index in [1.165, 1.54) is 22.5 Å². The van der Waals surface area contributed by atoms with Gasteiger partial charge in [-0.05, 0) is 42.8 Å². The molecule has 6 heteroatoms. The van der Waals surface area contributed by atoms with Crippen molar-refractivity contribution < 1.29 is 4.79 Å². The van der Waals surface area contributed by atoms with Crippen LogP contribution in [-0.4, -0.2) is 26.4 Å². The summed E-state index contributed by atoms with van der Waals surface area (Å²) in [5.74, 6) is 0.298. The molecule has 0 saturated carbocycles. The Balaban J connectivity index is 1.42. The first kappa shape index (κ1) is 17.5. The predicted molar refractivity (Wildman–Crippen MR) is 111 cm³/mol. The number of carbonyl (C=O) groups is 1. The van der Waals surface area contributed by atoms with Gasteiger partial charge in [0.15, 0.2) is 5.65 Å². The lowest BCUT2D eigenvalue weighted by molar-refractivity contribution is -0.113. The Morgan fingerprint density at radius 1 is 1.07 bits per heavy atom. The van der Waals surface area contributed by atoms with Crippen molar-refractivity contribution in [3.05, 3.63) is 60.9 Å². The van der Waals surface area contributed by atoms with Gasteiger partial charge >= 0.3 is 0 Å². The van der Waals surface area contributed by atoms with Crippen molar-refractivity contribution in [3.8, 4) is 0 Å². The first-order valence-electron chi connectivity index (χ1n) is 8.85. The van der Waals surface area contributed by atoms with Gasteiger partial charge in [0.05, 0.1) is 23.8 Å². The third-order valence-electron chi connectivity index (χ3n) is 4.30. The monoisotopic (exact) mass is 376 g/mol. The predicted octanol–water partition coefficient (Wildman–Crippen LogP) is 4.90. The topological polar surface area (TPSA) is 59.8 Å². The number of nitrogens with zero attached hydrogens (tertiary/aromatic N) is 3. The van der Waals surface area contributed by atoms with Crippen LogP contribution in [0.25, 0.3) is 21.8 Å². The molecule has 2 aromatic heterocycles. The van der Waals surface area contributed by atoms with Crippen molar-refractivity contribution in [1.82, 2.24) is 14.8 Å². The molecule has 1 amide bonds. The number of anilines is 1. The number of amides is 1. The maximum atomic E-state index is 12.3. The number of aromatic nitrogens is 3. The van der Waals surface area contributed by atoms with E-state index < -0.39 is 0 Å². The molecule has 0 bridgehead atoms. The summed E-state index contributed by atoms with van der Waals surface area (Å²) in [6.07, 6.45) is 3.46. The number of rotatable bonds is 5. The molecule has 0 aliphatic carbocycles. The number of carbonyl (C=O) groups excluding carboxylic acids is 1. The molecular formula is C21H20N4OS. The van der Waals surface area contributed by atoms with Crippen LogP contribution in [0.3, 0.4) is 0 Å². The van der Waals surface area contributed by atoms with Crippen molar-refractivity contribution in [2.24, 2.45) is 0 Å². The van der Waals surface area contributed by atoms with Crippen LogP contribution >= 0.6 is 11.8 Å². The Hall–Kier alpha value is -2.86. The van der Waals surface area contributed by atoms with E-state index in [1.807, 2.05) is 28.9 Å². The largest absolute Gasteiger partial charge is 0.324 e. The van der Waals surface area contributed by atoms with E-state index in [-0.39, 0.29) is 11.9 Å². The summed E-state index contributed by atoms with van der Waals surface area (Å²) >= 11 is 1.53. The van der Waals surface area contributed by atoms with Crippen molar-refractivity contribution in [2.45, 2.75) is 24.8 Å². The second-order valence-corrected chi connectivity index (χ2v) is 7.71. The first-order chi connectivity index (χ1) is 13.1. The van der Waals surface area contributed by atoms with Crippen LogP contribution in [-0.2, 0) is 4.79 Å². The molecule has 0 spiro atoms. The zero-order valence-electron chi connectivity index (χ0n) is 15.2. The quantitative estimate of drug-likeness (QED) is 0.504. The van der Waals surface area contributed by atoms with Gasteiger partial charge in [0.25, 0.3) is 0 Å². The maximum Gasteiger partial charge on any atom is 0.234 e. The molecule has 0 aliphatic rings. The molecule has 27 heavy (non-hydrogen) atoms. The van der Waals surface area contributed by atoms with E-state index in [0.717, 1.165) is 15.9 Å². The summed E-state index contributed by atoms with van der Waals surface area (Å²) < 4.78 is 1.87. The summed E-state index contributed by atoms with van der Waals surface area (Å²) in [6.45, 7) is 4.13. The summed E-state index contributed by atoms with van der Waals surface area (Å²) in [4.78, 5) is 17.8. The Labute approximate surface area is 161 Å². The number of pyridine rings is 1. The third kappa shape index (κ3) is 3.80. The molecule has 4 rings (SSSR count). The minimum Gasteiger partial charge on any atom is -0.324 e. The van der Waals surface area contributed by atoms with E-state index in [2.05, 4.69) is 53.5 Å². The van der Waals surface area contributed by atoms with Gasteiger partial charge in [-0.2, -0.15) is 5.10 Å². The molecule has 0 saturated heterocycles. The molecular weight excluding hydrogens is 356 g/mol. The van der Waals surface area contributed by atoms with Gasteiger partial charge in [-0.3, -0.25) is 4.79 Å². The van der Waals surface area contributed by atoms with Gasteiger partial charge in [0.1, 0.15) is 0 Å². The minimum atomic E-state index is -0.0504. The standard InChI is InChI=1S/C21H20N4OS/c1-14(2)25-21-17(11-23-25)9-18(12-22-21)24-20(26)13-27-19-8-7-15-5-3-4-6-16(15)10-19/h3-12,14H,13H2,1-2H3,(H,24,26). The van der Waals surface area contributed by atoms with Crippen LogP contribution < -0.4 is 5.32 Å². The molecule has 1 N–H and O–H groups in total. The number of hydrogen-bond acceptors (Lipinski definition) is 4. The number of thioether (sulfide) groups is 1. The molecule has 136 valence electrons. The second kappa shape index (κ2) is 7.40. The highest BCUT2D eigenvalue weighted by molar-refractivity contribution is 8.00. The Morgan fingerprint density at radius 3 is 2.70 bits per heavy atom. The van der Waals surface area contributed by atoms with Crippen LogP contribution in [0.2, 0.25) is 0 Å². The second-order valence-electron chi connectivity index (χ2n) is 6.67. The van der Waals surface area contributed by atoms with Crippen molar-refractivity contribution in [2.75, 3.05) is 11.1 Å². The van der Waals surface area contributed by atoms with E-state index >= 15 is 0 Å². The van der Waals surface area contributed by atoms with Crippen LogP contribution in [0, 0.1) is 0 Å². The zero-order valence-corrected chi connectivity index (χ0v) is 16.0. The van der Waals surface area contributed by atoms with E-state index in [1.54, 1.807) is 12.4 Å². The van der Waals surface area contributed by atoms with Crippen molar-refractivity contribution >= 4 is 45.2 Å². The summed E-state index contributed by atoms with van der Waals surface area (Å²) in [6, 6.07) is 16.6. The van der Waals surface area contributed by atoms with E-state index in [4.69, 9.17) is 0 Å². The highest BCUT2D eigenvalue weighted by Gasteiger charge is 2.10. The first-order valence-corrected chi connectivity index (χ1v) is 9.83. The zero-order chi connectivity index (χ0) is 18.8. The Morgan fingerprint density at radius 2 is 1.89 bits per heavy atom. The smallest absolute Gasteiger partial charge is 0.234 e. The average molecular weight is 376 g/mol. The van der Waals surface area contributed by atoms with E-state index in [9.17, 15) is 4.79 Å². The van der Waals surface area contributed by atoms with Gasteiger partial charge in [-0.1, -0.05) is 30.3 Å². The number of benzene rings is 2. The van der Waals surface area contributed by atoms with Crippen LogP contribution in [0.15, 0.2) is 65.8 Å². The maximum absolute atomic E-state index is 12.3. The number of hydrogen-bond donors (Lipinski definition) is 1. The molecule has 0 fully saturated rings. The molecule has 0 atom stereocenters. The lowest BCUT2D eigenvalue weighted by atomic mass is 10.1. The van der Waals surface area contributed by atoms with Crippen LogP contribution in [0.5, 0.6) is 0 Å².